The Morgan fingerprint density at radius 1 is 1.34 bits per heavy atom. The van der Waals surface area contributed by atoms with Crippen molar-refractivity contribution < 1.29 is 19.4 Å². The van der Waals surface area contributed by atoms with Gasteiger partial charge in [-0.15, -0.1) is 0 Å². The number of fused-ring (bicyclic) bond motifs is 1. The molecular weight excluding hydrogens is 408 g/mol. The van der Waals surface area contributed by atoms with Crippen LogP contribution in [-0.2, 0) is 16.0 Å². The van der Waals surface area contributed by atoms with Crippen LogP contribution in [0.25, 0.3) is 11.1 Å². The van der Waals surface area contributed by atoms with Crippen molar-refractivity contribution in [3.8, 4) is 22.9 Å². The summed E-state index contributed by atoms with van der Waals surface area (Å²) in [6.07, 6.45) is -0.266. The van der Waals surface area contributed by atoms with E-state index in [2.05, 4.69) is 16.7 Å². The zero-order valence-corrected chi connectivity index (χ0v) is 18.3. The summed E-state index contributed by atoms with van der Waals surface area (Å²) in [6, 6.07) is 13.5. The van der Waals surface area contributed by atoms with Crippen LogP contribution in [0.3, 0.4) is 0 Å². The summed E-state index contributed by atoms with van der Waals surface area (Å²) < 4.78 is 11.1. The number of carbonyl (C=O) groups excluding carboxylic acids is 1. The maximum Gasteiger partial charge on any atom is 0.281 e. The van der Waals surface area contributed by atoms with E-state index < -0.39 is 18.6 Å². The van der Waals surface area contributed by atoms with Crippen molar-refractivity contribution in [3.05, 3.63) is 47.5 Å². The molecule has 0 aliphatic carbocycles. The van der Waals surface area contributed by atoms with Crippen LogP contribution in [0.2, 0.25) is 0 Å². The third kappa shape index (κ3) is 4.70. The Morgan fingerprint density at radius 2 is 2.12 bits per heavy atom. The SMILES string of the molecule is Cc1cc(-c2ccc(C[C@@H](C#N)NC(=O)[C@@H]3CNCCCO3)cc2)cc2c1OC(O)N2C. The van der Waals surface area contributed by atoms with Gasteiger partial charge < -0.3 is 30.1 Å². The normalized spacial score (nSPS) is 21.1. The first kappa shape index (κ1) is 22.1. The third-order valence-electron chi connectivity index (χ3n) is 5.83. The van der Waals surface area contributed by atoms with Gasteiger partial charge in [0.2, 0.25) is 0 Å². The molecule has 3 N–H and O–H groups in total. The van der Waals surface area contributed by atoms with Crippen molar-refractivity contribution in [3.63, 3.8) is 0 Å². The van der Waals surface area contributed by atoms with E-state index in [1.807, 2.05) is 43.3 Å². The number of carbonyl (C=O) groups is 1. The van der Waals surface area contributed by atoms with E-state index in [0.717, 1.165) is 40.9 Å². The summed E-state index contributed by atoms with van der Waals surface area (Å²) >= 11 is 0. The molecule has 1 unspecified atom stereocenters. The number of aliphatic hydroxyl groups is 1. The maximum atomic E-state index is 12.5. The fourth-order valence-electron chi connectivity index (χ4n) is 3.99. The standard InChI is InChI=1S/C24H28N4O4/c1-15-10-18(12-20-22(15)32-24(30)28(20)2)17-6-4-16(5-7-17)11-19(13-25)27-23(29)21-14-26-8-3-9-31-21/h4-7,10,12,19,21,24,26,30H,3,8-9,11,14H2,1-2H3,(H,27,29)/t19-,21-,24?/m0/s1. The molecule has 8 heteroatoms. The lowest BCUT2D eigenvalue weighted by Gasteiger charge is -2.18. The number of amides is 1. The second kappa shape index (κ2) is 9.57. The lowest BCUT2D eigenvalue weighted by molar-refractivity contribution is -0.132. The number of rotatable bonds is 5. The first-order chi connectivity index (χ1) is 15.5. The van der Waals surface area contributed by atoms with Gasteiger partial charge in [0, 0.05) is 26.6 Å². The fourth-order valence-corrected chi connectivity index (χ4v) is 3.99. The zero-order valence-electron chi connectivity index (χ0n) is 18.3. The summed E-state index contributed by atoms with van der Waals surface area (Å²) in [5.74, 6) is 0.436. The van der Waals surface area contributed by atoms with Crippen LogP contribution in [0.5, 0.6) is 5.75 Å². The molecule has 2 aromatic rings. The van der Waals surface area contributed by atoms with Crippen LogP contribution < -0.4 is 20.3 Å². The summed E-state index contributed by atoms with van der Waals surface area (Å²) in [5, 5.41) is 25.4. The van der Waals surface area contributed by atoms with Gasteiger partial charge in [-0.3, -0.25) is 4.79 Å². The van der Waals surface area contributed by atoms with E-state index in [4.69, 9.17) is 9.47 Å². The number of nitrogens with zero attached hydrogens (tertiary/aromatic N) is 2. The summed E-state index contributed by atoms with van der Waals surface area (Å²) in [6.45, 7) is 3.77. The number of nitrogens with one attached hydrogen (secondary N) is 2. The van der Waals surface area contributed by atoms with Crippen LogP contribution in [0, 0.1) is 18.3 Å². The molecule has 2 aromatic carbocycles. The van der Waals surface area contributed by atoms with Crippen LogP contribution in [0.15, 0.2) is 36.4 Å². The highest BCUT2D eigenvalue weighted by Gasteiger charge is 2.28. The van der Waals surface area contributed by atoms with Gasteiger partial charge >= 0.3 is 0 Å². The molecule has 1 saturated heterocycles. The highest BCUT2D eigenvalue weighted by Crippen LogP contribution is 2.41. The Morgan fingerprint density at radius 3 is 2.88 bits per heavy atom. The topological polar surface area (TPSA) is 107 Å². The maximum absolute atomic E-state index is 12.5. The largest absolute Gasteiger partial charge is 0.444 e. The Balaban J connectivity index is 1.43. The molecule has 0 bridgehead atoms. The van der Waals surface area contributed by atoms with Crippen LogP contribution >= 0.6 is 0 Å². The lowest BCUT2D eigenvalue weighted by atomic mass is 9.98. The molecular formula is C24H28N4O4. The van der Waals surface area contributed by atoms with Crippen molar-refractivity contribution >= 4 is 11.6 Å². The van der Waals surface area contributed by atoms with Crippen molar-refractivity contribution in [2.75, 3.05) is 31.6 Å². The van der Waals surface area contributed by atoms with Crippen LogP contribution in [0.4, 0.5) is 5.69 Å². The number of benzene rings is 2. The van der Waals surface area contributed by atoms with Gasteiger partial charge in [-0.1, -0.05) is 24.3 Å². The predicted octanol–water partition coefficient (Wildman–Crippen LogP) is 1.70. The highest BCUT2D eigenvalue weighted by molar-refractivity contribution is 5.81. The van der Waals surface area contributed by atoms with Gasteiger partial charge in [0.15, 0.2) is 5.75 Å². The Labute approximate surface area is 187 Å². The first-order valence-electron chi connectivity index (χ1n) is 10.8. The number of nitriles is 1. The predicted molar refractivity (Wildman–Crippen MR) is 120 cm³/mol. The first-order valence-corrected chi connectivity index (χ1v) is 10.8. The van der Waals surface area contributed by atoms with E-state index in [0.29, 0.717) is 25.3 Å². The van der Waals surface area contributed by atoms with Gasteiger partial charge in [0.05, 0.1) is 11.8 Å². The second-order valence-electron chi connectivity index (χ2n) is 8.20. The van der Waals surface area contributed by atoms with Gasteiger partial charge in [0.25, 0.3) is 12.3 Å². The number of aliphatic hydroxyl groups excluding tert-OH is 1. The summed E-state index contributed by atoms with van der Waals surface area (Å²) in [4.78, 5) is 14.2. The summed E-state index contributed by atoms with van der Waals surface area (Å²) in [5.41, 5.74) is 4.78. The Bertz CT molecular complexity index is 1010. The molecule has 2 aliphatic heterocycles. The van der Waals surface area contributed by atoms with Gasteiger partial charge in [-0.25, -0.2) is 0 Å². The van der Waals surface area contributed by atoms with E-state index in [-0.39, 0.29) is 5.91 Å². The minimum Gasteiger partial charge on any atom is -0.444 e. The van der Waals surface area contributed by atoms with Gasteiger partial charge in [0.1, 0.15) is 12.1 Å². The minimum absolute atomic E-state index is 0.260. The van der Waals surface area contributed by atoms with Crippen LogP contribution in [-0.4, -0.2) is 56.3 Å². The molecule has 8 nitrogen and oxygen atoms in total. The molecule has 2 aliphatic rings. The smallest absolute Gasteiger partial charge is 0.281 e. The molecule has 0 saturated carbocycles. The molecule has 2 heterocycles. The summed E-state index contributed by atoms with van der Waals surface area (Å²) in [7, 11) is 1.79. The van der Waals surface area contributed by atoms with Crippen molar-refractivity contribution in [2.45, 2.75) is 38.3 Å². The lowest BCUT2D eigenvalue weighted by Crippen LogP contribution is -2.46. The minimum atomic E-state index is -0.974. The number of anilines is 1. The number of hydrogen-bond donors (Lipinski definition) is 3. The molecule has 0 aromatic heterocycles. The highest BCUT2D eigenvalue weighted by atomic mass is 16.6. The zero-order chi connectivity index (χ0) is 22.7. The number of hydrogen-bond acceptors (Lipinski definition) is 7. The van der Waals surface area contributed by atoms with Gasteiger partial charge in [-0.05, 0) is 54.3 Å². The molecule has 168 valence electrons. The average molecular weight is 437 g/mol. The number of aryl methyl sites for hydroxylation is 1. The second-order valence-corrected chi connectivity index (χ2v) is 8.20. The van der Waals surface area contributed by atoms with E-state index >= 15 is 0 Å². The Hall–Kier alpha value is -3.12. The van der Waals surface area contributed by atoms with Crippen LogP contribution in [0.1, 0.15) is 17.5 Å². The van der Waals surface area contributed by atoms with E-state index in [1.165, 1.54) is 0 Å². The van der Waals surface area contributed by atoms with Crippen molar-refractivity contribution in [1.82, 2.24) is 10.6 Å². The molecule has 32 heavy (non-hydrogen) atoms. The van der Waals surface area contributed by atoms with E-state index in [9.17, 15) is 15.2 Å². The molecule has 1 fully saturated rings. The van der Waals surface area contributed by atoms with Gasteiger partial charge in [-0.2, -0.15) is 5.26 Å². The van der Waals surface area contributed by atoms with Crippen molar-refractivity contribution in [2.24, 2.45) is 0 Å². The average Bonchev–Trinajstić information content (AvgIpc) is 2.98. The fraction of sp³-hybridized carbons (Fsp3) is 0.417. The monoisotopic (exact) mass is 436 g/mol. The molecule has 3 atom stereocenters. The molecule has 4 rings (SSSR count). The molecule has 0 radical (unpaired) electrons. The molecule has 1 amide bonds. The third-order valence-corrected chi connectivity index (χ3v) is 5.83. The van der Waals surface area contributed by atoms with E-state index in [1.54, 1.807) is 11.9 Å². The number of ether oxygens (including phenoxy) is 2. The Kier molecular flexibility index (Phi) is 6.61. The quantitative estimate of drug-likeness (QED) is 0.655. The van der Waals surface area contributed by atoms with Crippen molar-refractivity contribution in [1.29, 1.82) is 5.26 Å². The molecule has 0 spiro atoms.